The lowest BCUT2D eigenvalue weighted by molar-refractivity contribution is -0.125. The predicted molar refractivity (Wildman–Crippen MR) is 70.1 cm³/mol. The first-order chi connectivity index (χ1) is 7.37. The molecule has 0 saturated heterocycles. The van der Waals surface area contributed by atoms with Gasteiger partial charge in [-0.25, -0.2) is 0 Å². The standard InChI is InChI=1S/C12H22N2OS/c1-8(2)10(15)14-12(11(13)16)6-4-9(3)5-7-12/h8-9H,4-7H2,1-3H3,(H2,13,16)(H,14,15). The maximum atomic E-state index is 11.8. The van der Waals surface area contributed by atoms with E-state index in [2.05, 4.69) is 12.2 Å². The van der Waals surface area contributed by atoms with E-state index in [-0.39, 0.29) is 11.8 Å². The van der Waals surface area contributed by atoms with Gasteiger partial charge in [0.05, 0.1) is 10.5 Å². The number of carbonyl (C=O) groups excluding carboxylic acids is 1. The second kappa shape index (κ2) is 5.13. The van der Waals surface area contributed by atoms with Crippen LogP contribution >= 0.6 is 12.2 Å². The lowest BCUT2D eigenvalue weighted by Crippen LogP contribution is -2.59. The number of carbonyl (C=O) groups is 1. The van der Waals surface area contributed by atoms with Crippen molar-refractivity contribution in [1.29, 1.82) is 0 Å². The Balaban J connectivity index is 2.74. The Hall–Kier alpha value is -0.640. The third-order valence-corrected chi connectivity index (χ3v) is 3.88. The monoisotopic (exact) mass is 242 g/mol. The summed E-state index contributed by atoms with van der Waals surface area (Å²) in [5.41, 5.74) is 5.39. The molecule has 16 heavy (non-hydrogen) atoms. The SMILES string of the molecule is CC1CCC(NC(=O)C(C)C)(C(N)=S)CC1. The molecule has 0 aromatic carbocycles. The van der Waals surface area contributed by atoms with Crippen LogP contribution in [0.3, 0.4) is 0 Å². The summed E-state index contributed by atoms with van der Waals surface area (Å²) in [5.74, 6) is 0.728. The van der Waals surface area contributed by atoms with Gasteiger partial charge in [0.2, 0.25) is 5.91 Å². The van der Waals surface area contributed by atoms with E-state index in [1.54, 1.807) is 0 Å². The van der Waals surface area contributed by atoms with Crippen molar-refractivity contribution in [3.05, 3.63) is 0 Å². The van der Waals surface area contributed by atoms with Crippen molar-refractivity contribution in [3.8, 4) is 0 Å². The van der Waals surface area contributed by atoms with E-state index in [1.807, 2.05) is 13.8 Å². The highest BCUT2D eigenvalue weighted by molar-refractivity contribution is 7.80. The first-order valence-electron chi connectivity index (χ1n) is 5.99. The second-order valence-electron chi connectivity index (χ2n) is 5.27. The highest BCUT2D eigenvalue weighted by atomic mass is 32.1. The molecule has 0 heterocycles. The zero-order valence-electron chi connectivity index (χ0n) is 10.4. The van der Waals surface area contributed by atoms with Gasteiger partial charge in [0.25, 0.3) is 0 Å². The fourth-order valence-electron chi connectivity index (χ4n) is 2.07. The molecule has 4 heteroatoms. The summed E-state index contributed by atoms with van der Waals surface area (Å²) in [5, 5.41) is 3.05. The molecule has 1 saturated carbocycles. The van der Waals surface area contributed by atoms with Crippen molar-refractivity contribution in [2.45, 2.75) is 52.0 Å². The minimum Gasteiger partial charge on any atom is -0.391 e. The summed E-state index contributed by atoms with van der Waals surface area (Å²) >= 11 is 5.13. The van der Waals surface area contributed by atoms with E-state index < -0.39 is 5.54 Å². The van der Waals surface area contributed by atoms with E-state index in [4.69, 9.17) is 18.0 Å². The summed E-state index contributed by atoms with van der Waals surface area (Å²) in [6.45, 7) is 6.00. The van der Waals surface area contributed by atoms with E-state index in [0.29, 0.717) is 10.9 Å². The number of hydrogen-bond donors (Lipinski definition) is 2. The van der Waals surface area contributed by atoms with Crippen LogP contribution in [0.2, 0.25) is 0 Å². The molecule has 1 fully saturated rings. The largest absolute Gasteiger partial charge is 0.391 e. The average Bonchev–Trinajstić information content (AvgIpc) is 2.21. The molecule has 0 aliphatic heterocycles. The Kier molecular flexibility index (Phi) is 4.30. The maximum absolute atomic E-state index is 11.8. The average molecular weight is 242 g/mol. The molecule has 1 rings (SSSR count). The minimum absolute atomic E-state index is 0.0226. The molecule has 3 nitrogen and oxygen atoms in total. The summed E-state index contributed by atoms with van der Waals surface area (Å²) < 4.78 is 0. The quantitative estimate of drug-likeness (QED) is 0.744. The van der Waals surface area contributed by atoms with Gasteiger partial charge < -0.3 is 11.1 Å². The summed E-state index contributed by atoms with van der Waals surface area (Å²) in [4.78, 5) is 12.2. The summed E-state index contributed by atoms with van der Waals surface area (Å²) in [6, 6.07) is 0. The Morgan fingerprint density at radius 2 is 1.94 bits per heavy atom. The van der Waals surface area contributed by atoms with Crippen LogP contribution in [0.5, 0.6) is 0 Å². The zero-order chi connectivity index (χ0) is 12.3. The fraction of sp³-hybridized carbons (Fsp3) is 0.833. The number of thiocarbonyl (C=S) groups is 1. The van der Waals surface area contributed by atoms with Crippen LogP contribution in [0.25, 0.3) is 0 Å². The van der Waals surface area contributed by atoms with Crippen LogP contribution in [-0.4, -0.2) is 16.4 Å². The van der Waals surface area contributed by atoms with Crippen molar-refractivity contribution in [3.63, 3.8) is 0 Å². The molecule has 0 aromatic heterocycles. The van der Waals surface area contributed by atoms with E-state index in [0.717, 1.165) is 25.7 Å². The molecule has 0 atom stereocenters. The van der Waals surface area contributed by atoms with Crippen molar-refractivity contribution < 1.29 is 4.79 Å². The number of amides is 1. The molecule has 0 unspecified atom stereocenters. The molecule has 0 spiro atoms. The molecule has 92 valence electrons. The first-order valence-corrected chi connectivity index (χ1v) is 6.40. The summed E-state index contributed by atoms with van der Waals surface area (Å²) in [7, 11) is 0. The third kappa shape index (κ3) is 2.94. The van der Waals surface area contributed by atoms with Gasteiger partial charge >= 0.3 is 0 Å². The van der Waals surface area contributed by atoms with Crippen molar-refractivity contribution in [2.24, 2.45) is 17.6 Å². The maximum Gasteiger partial charge on any atom is 0.223 e. The predicted octanol–water partition coefficient (Wildman–Crippen LogP) is 1.99. The number of nitrogens with one attached hydrogen (secondary N) is 1. The molecule has 0 bridgehead atoms. The van der Waals surface area contributed by atoms with Gasteiger partial charge in [-0.1, -0.05) is 33.0 Å². The Morgan fingerprint density at radius 3 is 2.31 bits per heavy atom. The Morgan fingerprint density at radius 1 is 1.44 bits per heavy atom. The molecular weight excluding hydrogens is 220 g/mol. The van der Waals surface area contributed by atoms with Gasteiger partial charge in [-0.3, -0.25) is 4.79 Å². The van der Waals surface area contributed by atoms with Crippen molar-refractivity contribution in [1.82, 2.24) is 5.32 Å². The van der Waals surface area contributed by atoms with Crippen LogP contribution in [-0.2, 0) is 4.79 Å². The van der Waals surface area contributed by atoms with E-state index >= 15 is 0 Å². The second-order valence-corrected chi connectivity index (χ2v) is 5.71. The first kappa shape index (κ1) is 13.4. The minimum atomic E-state index is -0.427. The molecule has 3 N–H and O–H groups in total. The Labute approximate surface area is 103 Å². The van der Waals surface area contributed by atoms with E-state index in [1.165, 1.54) is 0 Å². The van der Waals surface area contributed by atoms with Gasteiger partial charge in [0.1, 0.15) is 0 Å². The zero-order valence-corrected chi connectivity index (χ0v) is 11.2. The highest BCUT2D eigenvalue weighted by Crippen LogP contribution is 2.32. The van der Waals surface area contributed by atoms with Crippen LogP contribution in [0.4, 0.5) is 0 Å². The fourth-order valence-corrected chi connectivity index (χ4v) is 2.32. The smallest absolute Gasteiger partial charge is 0.223 e. The number of hydrogen-bond acceptors (Lipinski definition) is 2. The topological polar surface area (TPSA) is 55.1 Å². The van der Waals surface area contributed by atoms with Crippen LogP contribution in [0.15, 0.2) is 0 Å². The van der Waals surface area contributed by atoms with E-state index in [9.17, 15) is 4.79 Å². The molecular formula is C12H22N2OS. The van der Waals surface area contributed by atoms with Crippen molar-refractivity contribution in [2.75, 3.05) is 0 Å². The molecule has 1 aliphatic carbocycles. The van der Waals surface area contributed by atoms with Gasteiger partial charge in [-0.2, -0.15) is 0 Å². The van der Waals surface area contributed by atoms with Crippen LogP contribution in [0, 0.1) is 11.8 Å². The lowest BCUT2D eigenvalue weighted by atomic mass is 9.77. The van der Waals surface area contributed by atoms with Gasteiger partial charge in [0.15, 0.2) is 0 Å². The number of rotatable bonds is 3. The molecule has 0 aromatic rings. The normalized spacial score (nSPS) is 30.1. The third-order valence-electron chi connectivity index (χ3n) is 3.49. The van der Waals surface area contributed by atoms with Gasteiger partial charge in [-0.05, 0) is 31.6 Å². The van der Waals surface area contributed by atoms with Gasteiger partial charge in [-0.15, -0.1) is 0 Å². The highest BCUT2D eigenvalue weighted by Gasteiger charge is 2.38. The molecule has 1 amide bonds. The van der Waals surface area contributed by atoms with Gasteiger partial charge in [0, 0.05) is 5.92 Å². The Bertz CT molecular complexity index is 281. The lowest BCUT2D eigenvalue weighted by Gasteiger charge is -2.39. The summed E-state index contributed by atoms with van der Waals surface area (Å²) in [6.07, 6.45) is 3.91. The number of nitrogens with two attached hydrogens (primary N) is 1. The van der Waals surface area contributed by atoms with Crippen molar-refractivity contribution >= 4 is 23.1 Å². The van der Waals surface area contributed by atoms with Crippen LogP contribution < -0.4 is 11.1 Å². The van der Waals surface area contributed by atoms with Crippen LogP contribution in [0.1, 0.15) is 46.5 Å². The molecule has 1 aliphatic rings. The molecule has 0 radical (unpaired) electrons.